The standard InChI is InChI=1S/C31H32F3N5O4/c1-30(2,3)43-29(41)39-17-15-38(16-18-39)24-12-10-23(11-13-24)36-28-35-20-25(31(32,33)34)26(37-28)14-9-21-7-5-6-8-22(21)19-27(40)42-4/h5-8,10-13,20H,15-19H2,1-4H3,(H,35,36,37). The Bertz CT molecular complexity index is 1520. The first-order chi connectivity index (χ1) is 20.3. The van der Waals surface area contributed by atoms with Gasteiger partial charge in [0.05, 0.1) is 13.5 Å². The van der Waals surface area contributed by atoms with Gasteiger partial charge in [-0.2, -0.15) is 13.2 Å². The molecule has 12 heteroatoms. The summed E-state index contributed by atoms with van der Waals surface area (Å²) in [5.74, 6) is 4.68. The second-order valence-corrected chi connectivity index (χ2v) is 10.7. The zero-order chi connectivity index (χ0) is 31.2. The lowest BCUT2D eigenvalue weighted by molar-refractivity contribution is -0.140. The largest absolute Gasteiger partial charge is 0.469 e. The van der Waals surface area contributed by atoms with Crippen LogP contribution in [0.25, 0.3) is 0 Å². The van der Waals surface area contributed by atoms with Gasteiger partial charge < -0.3 is 24.6 Å². The predicted octanol–water partition coefficient (Wildman–Crippen LogP) is 5.41. The van der Waals surface area contributed by atoms with Crippen molar-refractivity contribution in [2.45, 2.75) is 39.0 Å². The Morgan fingerprint density at radius 1 is 0.977 bits per heavy atom. The van der Waals surface area contributed by atoms with Crippen LogP contribution in [0.5, 0.6) is 0 Å². The molecule has 1 fully saturated rings. The molecule has 0 saturated carbocycles. The quantitative estimate of drug-likeness (QED) is 0.309. The number of hydrogen-bond acceptors (Lipinski definition) is 8. The van der Waals surface area contributed by atoms with Gasteiger partial charge in [-0.1, -0.05) is 24.1 Å². The molecule has 0 bridgehead atoms. The van der Waals surface area contributed by atoms with E-state index < -0.39 is 29.0 Å². The van der Waals surface area contributed by atoms with Crippen LogP contribution in [0.3, 0.4) is 0 Å². The normalized spacial score (nSPS) is 13.6. The fourth-order valence-electron chi connectivity index (χ4n) is 4.25. The average Bonchev–Trinajstić information content (AvgIpc) is 2.96. The minimum atomic E-state index is -4.72. The van der Waals surface area contributed by atoms with Crippen LogP contribution >= 0.6 is 0 Å². The maximum Gasteiger partial charge on any atom is 0.420 e. The van der Waals surface area contributed by atoms with Crippen LogP contribution in [0, 0.1) is 11.8 Å². The number of nitrogens with zero attached hydrogens (tertiary/aromatic N) is 4. The van der Waals surface area contributed by atoms with E-state index in [1.807, 2.05) is 32.9 Å². The zero-order valence-corrected chi connectivity index (χ0v) is 24.3. The van der Waals surface area contributed by atoms with Crippen molar-refractivity contribution < 1.29 is 32.2 Å². The first-order valence-corrected chi connectivity index (χ1v) is 13.5. The number of anilines is 3. The molecule has 2 aromatic carbocycles. The van der Waals surface area contributed by atoms with Crippen molar-refractivity contribution in [1.29, 1.82) is 0 Å². The highest BCUT2D eigenvalue weighted by Crippen LogP contribution is 2.31. The Hall–Kier alpha value is -4.79. The van der Waals surface area contributed by atoms with E-state index in [2.05, 4.69) is 32.0 Å². The number of ether oxygens (including phenoxy) is 2. The zero-order valence-electron chi connectivity index (χ0n) is 24.3. The number of nitrogens with one attached hydrogen (secondary N) is 1. The number of piperazine rings is 1. The van der Waals surface area contributed by atoms with Gasteiger partial charge in [0.25, 0.3) is 0 Å². The van der Waals surface area contributed by atoms with Crippen molar-refractivity contribution in [2.75, 3.05) is 43.5 Å². The van der Waals surface area contributed by atoms with Gasteiger partial charge in [0.15, 0.2) is 0 Å². The van der Waals surface area contributed by atoms with Gasteiger partial charge in [-0.25, -0.2) is 14.8 Å². The Kier molecular flexibility index (Phi) is 9.43. The molecule has 0 spiro atoms. The Labute approximate surface area is 248 Å². The lowest BCUT2D eigenvalue weighted by atomic mass is 10.0. The van der Waals surface area contributed by atoms with Crippen LogP contribution in [0.2, 0.25) is 0 Å². The summed E-state index contributed by atoms with van der Waals surface area (Å²) < 4.78 is 51.3. The van der Waals surface area contributed by atoms with Crippen molar-refractivity contribution in [2.24, 2.45) is 0 Å². The number of halogens is 3. The van der Waals surface area contributed by atoms with Crippen molar-refractivity contribution in [3.8, 4) is 11.8 Å². The van der Waals surface area contributed by atoms with E-state index in [0.29, 0.717) is 49.2 Å². The van der Waals surface area contributed by atoms with E-state index in [4.69, 9.17) is 9.47 Å². The molecule has 0 radical (unpaired) electrons. The highest BCUT2D eigenvalue weighted by atomic mass is 19.4. The molecule has 9 nitrogen and oxygen atoms in total. The molecular formula is C31H32F3N5O4. The monoisotopic (exact) mass is 595 g/mol. The van der Waals surface area contributed by atoms with Gasteiger partial charge in [-0.15, -0.1) is 0 Å². The molecule has 0 aliphatic carbocycles. The Morgan fingerprint density at radius 2 is 1.65 bits per heavy atom. The fraction of sp³-hybridized carbons (Fsp3) is 0.355. The smallest absolute Gasteiger partial charge is 0.420 e. The topological polar surface area (TPSA) is 96.9 Å². The third-order valence-electron chi connectivity index (χ3n) is 6.41. The predicted molar refractivity (Wildman–Crippen MR) is 155 cm³/mol. The Balaban J connectivity index is 1.48. The highest BCUT2D eigenvalue weighted by molar-refractivity contribution is 5.73. The maximum atomic E-state index is 13.7. The maximum absolute atomic E-state index is 13.7. The number of amides is 1. The van der Waals surface area contributed by atoms with Gasteiger partial charge in [-0.05, 0) is 62.6 Å². The first kappa shape index (κ1) is 31.2. The van der Waals surface area contributed by atoms with E-state index in [1.165, 1.54) is 7.11 Å². The van der Waals surface area contributed by atoms with E-state index >= 15 is 0 Å². The van der Waals surface area contributed by atoms with Crippen molar-refractivity contribution >= 4 is 29.4 Å². The number of aromatic nitrogens is 2. The summed E-state index contributed by atoms with van der Waals surface area (Å²) >= 11 is 0. The number of carbonyl (C=O) groups is 2. The summed E-state index contributed by atoms with van der Waals surface area (Å²) in [5.41, 5.74) is 0.274. The number of carbonyl (C=O) groups excluding carboxylic acids is 2. The summed E-state index contributed by atoms with van der Waals surface area (Å²) in [5, 5.41) is 2.93. The minimum Gasteiger partial charge on any atom is -0.469 e. The molecule has 1 saturated heterocycles. The molecule has 1 aromatic heterocycles. The third-order valence-corrected chi connectivity index (χ3v) is 6.41. The first-order valence-electron chi connectivity index (χ1n) is 13.5. The summed E-state index contributed by atoms with van der Waals surface area (Å²) in [6.07, 6.45) is -4.43. The molecule has 226 valence electrons. The summed E-state index contributed by atoms with van der Waals surface area (Å²) in [4.78, 5) is 35.8. The van der Waals surface area contributed by atoms with Crippen LogP contribution in [-0.2, 0) is 26.9 Å². The number of hydrogen-bond donors (Lipinski definition) is 1. The molecule has 1 aliphatic rings. The van der Waals surface area contributed by atoms with Crippen molar-refractivity contribution in [3.63, 3.8) is 0 Å². The van der Waals surface area contributed by atoms with Crippen LogP contribution in [-0.4, -0.2) is 65.8 Å². The molecule has 2 heterocycles. The van der Waals surface area contributed by atoms with Crippen LogP contribution in [0.1, 0.15) is 43.2 Å². The van der Waals surface area contributed by atoms with Crippen LogP contribution in [0.4, 0.5) is 35.3 Å². The van der Waals surface area contributed by atoms with Gasteiger partial charge in [-0.3, -0.25) is 4.79 Å². The summed E-state index contributed by atoms with van der Waals surface area (Å²) in [6, 6.07) is 13.9. The SMILES string of the molecule is COC(=O)Cc1ccccc1C#Cc1nc(Nc2ccc(N3CCN(C(=O)OC(C)(C)C)CC3)cc2)ncc1C(F)(F)F. The van der Waals surface area contributed by atoms with Gasteiger partial charge in [0.1, 0.15) is 16.9 Å². The number of esters is 1. The molecule has 1 aliphatic heterocycles. The fourth-order valence-corrected chi connectivity index (χ4v) is 4.25. The molecule has 1 amide bonds. The average molecular weight is 596 g/mol. The van der Waals surface area contributed by atoms with Crippen LogP contribution in [0.15, 0.2) is 54.7 Å². The number of methoxy groups -OCH3 is 1. The Morgan fingerprint density at radius 3 is 2.28 bits per heavy atom. The third kappa shape index (κ3) is 8.61. The molecular weight excluding hydrogens is 563 g/mol. The second kappa shape index (κ2) is 13.0. The van der Waals surface area contributed by atoms with E-state index in [1.54, 1.807) is 41.3 Å². The van der Waals surface area contributed by atoms with Gasteiger partial charge >= 0.3 is 18.2 Å². The van der Waals surface area contributed by atoms with Crippen LogP contribution < -0.4 is 10.2 Å². The van der Waals surface area contributed by atoms with Gasteiger partial charge in [0.2, 0.25) is 5.95 Å². The number of benzene rings is 2. The summed E-state index contributed by atoms with van der Waals surface area (Å²) in [7, 11) is 1.25. The molecule has 1 N–H and O–H groups in total. The molecule has 43 heavy (non-hydrogen) atoms. The van der Waals surface area contributed by atoms with Crippen molar-refractivity contribution in [3.05, 3.63) is 77.1 Å². The van der Waals surface area contributed by atoms with Crippen molar-refractivity contribution in [1.82, 2.24) is 14.9 Å². The molecule has 4 rings (SSSR count). The summed E-state index contributed by atoms with van der Waals surface area (Å²) in [6.45, 7) is 7.77. The molecule has 3 aromatic rings. The molecule has 0 unspecified atom stereocenters. The number of alkyl halides is 3. The molecule has 0 atom stereocenters. The van der Waals surface area contributed by atoms with E-state index in [-0.39, 0.29) is 18.5 Å². The number of rotatable bonds is 5. The lowest BCUT2D eigenvalue weighted by Gasteiger charge is -2.36. The second-order valence-electron chi connectivity index (χ2n) is 10.7. The highest BCUT2D eigenvalue weighted by Gasteiger charge is 2.35. The minimum absolute atomic E-state index is 0.0566. The van der Waals surface area contributed by atoms with Gasteiger partial charge in [0, 0.05) is 49.3 Å². The van der Waals surface area contributed by atoms with E-state index in [9.17, 15) is 22.8 Å². The lowest BCUT2D eigenvalue weighted by Crippen LogP contribution is -2.50. The van der Waals surface area contributed by atoms with E-state index in [0.717, 1.165) is 5.69 Å².